The van der Waals surface area contributed by atoms with Crippen LogP contribution in [0.5, 0.6) is 0 Å². The maximum Gasteiger partial charge on any atom is 0.224 e. The highest BCUT2D eigenvalue weighted by Crippen LogP contribution is 2.35. The van der Waals surface area contributed by atoms with Crippen molar-refractivity contribution in [2.45, 2.75) is 18.8 Å². The van der Waals surface area contributed by atoms with E-state index in [-0.39, 0.29) is 5.91 Å². The van der Waals surface area contributed by atoms with E-state index >= 15 is 0 Å². The summed E-state index contributed by atoms with van der Waals surface area (Å²) in [6.45, 7) is 3.62. The number of pyridine rings is 1. The van der Waals surface area contributed by atoms with E-state index in [0.717, 1.165) is 43.6 Å². The van der Waals surface area contributed by atoms with Crippen molar-refractivity contribution in [1.82, 2.24) is 9.88 Å². The van der Waals surface area contributed by atoms with Crippen LogP contribution < -0.4 is 5.32 Å². The van der Waals surface area contributed by atoms with Crippen molar-refractivity contribution in [1.29, 1.82) is 0 Å². The average Bonchev–Trinajstić information content (AvgIpc) is 3.20. The number of nitrogens with zero attached hydrogens (tertiary/aromatic N) is 2. The molecule has 1 aliphatic heterocycles. The van der Waals surface area contributed by atoms with Gasteiger partial charge in [-0.15, -0.1) is 0 Å². The zero-order chi connectivity index (χ0) is 21.6. The smallest absolute Gasteiger partial charge is 0.224 e. The number of halogens is 1. The number of methoxy groups -OCH3 is 1. The zero-order valence-corrected chi connectivity index (χ0v) is 18.5. The first kappa shape index (κ1) is 21.8. The number of aromatic nitrogens is 1. The lowest BCUT2D eigenvalue weighted by molar-refractivity contribution is -0.116. The first-order valence-corrected chi connectivity index (χ1v) is 11.1. The number of para-hydroxylation sites is 1. The molecule has 4 rings (SSSR count). The van der Waals surface area contributed by atoms with Gasteiger partial charge in [0, 0.05) is 44.5 Å². The third kappa shape index (κ3) is 5.42. The normalized spacial score (nSPS) is 19.0. The lowest BCUT2D eigenvalue weighted by Crippen LogP contribution is -2.25. The van der Waals surface area contributed by atoms with Crippen LogP contribution in [0.3, 0.4) is 0 Å². The number of hydrogen-bond acceptors (Lipinski definition) is 4. The molecule has 0 aliphatic carbocycles. The SMILES string of the molecule is COCCN1C[C@@H](CCC(=O)Nc2cc3ccccc3nc2Cl)[C@H](c2ccccc2)C1. The summed E-state index contributed by atoms with van der Waals surface area (Å²) >= 11 is 6.30. The van der Waals surface area contributed by atoms with Crippen LogP contribution in [0.2, 0.25) is 5.15 Å². The van der Waals surface area contributed by atoms with Gasteiger partial charge in [0.05, 0.1) is 17.8 Å². The van der Waals surface area contributed by atoms with E-state index in [1.807, 2.05) is 36.4 Å². The molecular weight excluding hydrogens is 410 g/mol. The van der Waals surface area contributed by atoms with Gasteiger partial charge in [-0.05, 0) is 30.0 Å². The number of hydrogen-bond donors (Lipinski definition) is 1. The highest BCUT2D eigenvalue weighted by atomic mass is 35.5. The van der Waals surface area contributed by atoms with Gasteiger partial charge < -0.3 is 15.0 Å². The molecule has 5 nitrogen and oxygen atoms in total. The molecule has 1 saturated heterocycles. The minimum atomic E-state index is -0.0267. The fraction of sp³-hybridized carbons (Fsp3) is 0.360. The Kier molecular flexibility index (Phi) is 7.17. The quantitative estimate of drug-likeness (QED) is 0.505. The molecular formula is C25H28ClN3O2. The van der Waals surface area contributed by atoms with Crippen molar-refractivity contribution < 1.29 is 9.53 Å². The minimum Gasteiger partial charge on any atom is -0.383 e. The molecule has 1 aromatic heterocycles. The van der Waals surface area contributed by atoms with E-state index in [1.54, 1.807) is 7.11 Å². The Morgan fingerprint density at radius 2 is 1.94 bits per heavy atom. The summed E-state index contributed by atoms with van der Waals surface area (Å²) in [7, 11) is 1.74. The van der Waals surface area contributed by atoms with Crippen LogP contribution >= 0.6 is 11.6 Å². The Hall–Kier alpha value is -2.47. The van der Waals surface area contributed by atoms with Gasteiger partial charge in [-0.2, -0.15) is 0 Å². The van der Waals surface area contributed by atoms with E-state index in [2.05, 4.69) is 39.5 Å². The number of anilines is 1. The molecule has 2 atom stereocenters. The molecule has 0 radical (unpaired) electrons. The first-order chi connectivity index (χ1) is 15.1. The van der Waals surface area contributed by atoms with Crippen LogP contribution in [0.25, 0.3) is 10.9 Å². The Labute approximate surface area is 188 Å². The topological polar surface area (TPSA) is 54.5 Å². The second-order valence-electron chi connectivity index (χ2n) is 8.14. The van der Waals surface area contributed by atoms with Gasteiger partial charge in [-0.1, -0.05) is 60.1 Å². The molecule has 3 aromatic rings. The van der Waals surface area contributed by atoms with Crippen molar-refractivity contribution in [3.63, 3.8) is 0 Å². The minimum absolute atomic E-state index is 0.0267. The molecule has 1 aliphatic rings. The predicted octanol–water partition coefficient (Wildman–Crippen LogP) is 4.97. The number of fused-ring (bicyclic) bond motifs is 1. The van der Waals surface area contributed by atoms with Crippen LogP contribution in [0, 0.1) is 5.92 Å². The number of nitrogens with one attached hydrogen (secondary N) is 1. The highest BCUT2D eigenvalue weighted by molar-refractivity contribution is 6.33. The van der Waals surface area contributed by atoms with Gasteiger partial charge in [-0.3, -0.25) is 4.79 Å². The number of benzene rings is 2. The fourth-order valence-corrected chi connectivity index (χ4v) is 4.64. The van der Waals surface area contributed by atoms with Crippen molar-refractivity contribution in [3.8, 4) is 0 Å². The van der Waals surface area contributed by atoms with E-state index in [4.69, 9.17) is 16.3 Å². The summed E-state index contributed by atoms with van der Waals surface area (Å²) in [5.74, 6) is 0.827. The van der Waals surface area contributed by atoms with E-state index in [1.165, 1.54) is 5.56 Å². The van der Waals surface area contributed by atoms with Crippen LogP contribution in [0.15, 0.2) is 60.7 Å². The zero-order valence-electron chi connectivity index (χ0n) is 17.8. The van der Waals surface area contributed by atoms with Gasteiger partial charge in [0.15, 0.2) is 5.15 Å². The summed E-state index contributed by atoms with van der Waals surface area (Å²) in [5, 5.41) is 4.23. The molecule has 0 bridgehead atoms. The molecule has 1 N–H and O–H groups in total. The Balaban J connectivity index is 1.40. The van der Waals surface area contributed by atoms with Crippen LogP contribution in [0.4, 0.5) is 5.69 Å². The fourth-order valence-electron chi connectivity index (χ4n) is 4.44. The van der Waals surface area contributed by atoms with Crippen molar-refractivity contribution in [2.75, 3.05) is 38.7 Å². The number of rotatable bonds is 8. The third-order valence-electron chi connectivity index (χ3n) is 6.05. The lowest BCUT2D eigenvalue weighted by atomic mass is 9.86. The second kappa shape index (κ2) is 10.2. The number of amides is 1. The monoisotopic (exact) mass is 437 g/mol. The number of likely N-dealkylation sites (tertiary alicyclic amines) is 1. The largest absolute Gasteiger partial charge is 0.383 e. The average molecular weight is 438 g/mol. The summed E-state index contributed by atoms with van der Waals surface area (Å²) in [6.07, 6.45) is 1.28. The molecule has 2 heterocycles. The molecule has 0 unspecified atom stereocenters. The molecule has 2 aromatic carbocycles. The summed E-state index contributed by atoms with van der Waals surface area (Å²) < 4.78 is 5.26. The molecule has 6 heteroatoms. The highest BCUT2D eigenvalue weighted by Gasteiger charge is 2.33. The number of carbonyl (C=O) groups is 1. The molecule has 31 heavy (non-hydrogen) atoms. The van der Waals surface area contributed by atoms with Gasteiger partial charge in [0.25, 0.3) is 0 Å². The van der Waals surface area contributed by atoms with Gasteiger partial charge in [-0.25, -0.2) is 4.98 Å². The van der Waals surface area contributed by atoms with Crippen molar-refractivity contribution in [3.05, 3.63) is 71.4 Å². The molecule has 0 saturated carbocycles. The standard InChI is InChI=1S/C25H28ClN3O2/c1-31-14-13-29-16-20(21(17-29)18-7-3-2-4-8-18)11-12-24(30)27-23-15-19-9-5-6-10-22(19)28-25(23)26/h2-10,15,20-21H,11-14,16-17H2,1H3,(H,27,30)/t20-,21+/m1/s1. The maximum atomic E-state index is 12.7. The Morgan fingerprint density at radius 1 is 1.16 bits per heavy atom. The van der Waals surface area contributed by atoms with Crippen LogP contribution in [0.1, 0.15) is 24.3 Å². The predicted molar refractivity (Wildman–Crippen MR) is 126 cm³/mol. The number of ether oxygens (including phenoxy) is 1. The van der Waals surface area contributed by atoms with Crippen molar-refractivity contribution >= 4 is 34.1 Å². The summed E-state index contributed by atoms with van der Waals surface area (Å²) in [4.78, 5) is 19.6. The van der Waals surface area contributed by atoms with Crippen molar-refractivity contribution in [2.24, 2.45) is 5.92 Å². The van der Waals surface area contributed by atoms with Gasteiger partial charge >= 0.3 is 0 Å². The van der Waals surface area contributed by atoms with Crippen LogP contribution in [-0.4, -0.2) is 49.1 Å². The Morgan fingerprint density at radius 3 is 2.74 bits per heavy atom. The molecule has 1 amide bonds. The maximum absolute atomic E-state index is 12.7. The molecule has 0 spiro atoms. The lowest BCUT2D eigenvalue weighted by Gasteiger charge is -2.18. The first-order valence-electron chi connectivity index (χ1n) is 10.8. The van der Waals surface area contributed by atoms with Gasteiger partial charge in [0.2, 0.25) is 5.91 Å². The van der Waals surface area contributed by atoms with E-state index < -0.39 is 0 Å². The van der Waals surface area contributed by atoms with E-state index in [0.29, 0.717) is 29.1 Å². The second-order valence-corrected chi connectivity index (χ2v) is 8.49. The molecule has 1 fully saturated rings. The van der Waals surface area contributed by atoms with Crippen LogP contribution in [-0.2, 0) is 9.53 Å². The summed E-state index contributed by atoms with van der Waals surface area (Å²) in [6, 6.07) is 20.2. The summed E-state index contributed by atoms with van der Waals surface area (Å²) in [5.41, 5.74) is 2.73. The number of carbonyl (C=O) groups excluding carboxylic acids is 1. The van der Waals surface area contributed by atoms with Gasteiger partial charge in [0.1, 0.15) is 0 Å². The van der Waals surface area contributed by atoms with E-state index in [9.17, 15) is 4.79 Å². The third-order valence-corrected chi connectivity index (χ3v) is 6.34. The Bertz CT molecular complexity index is 1030. The molecule has 162 valence electrons.